The van der Waals surface area contributed by atoms with E-state index in [2.05, 4.69) is 24.1 Å². The van der Waals surface area contributed by atoms with Crippen molar-refractivity contribution >= 4 is 5.97 Å². The van der Waals surface area contributed by atoms with Crippen molar-refractivity contribution in [1.29, 1.82) is 0 Å². The van der Waals surface area contributed by atoms with Crippen LogP contribution in [0, 0.1) is 5.92 Å². The Morgan fingerprint density at radius 3 is 2.61 bits per heavy atom. The molecule has 2 atom stereocenters. The van der Waals surface area contributed by atoms with Gasteiger partial charge in [-0.15, -0.1) is 0 Å². The molecule has 2 aliphatic rings. The Morgan fingerprint density at radius 2 is 2.17 bits per heavy atom. The van der Waals surface area contributed by atoms with E-state index in [1.54, 1.807) is 0 Å². The van der Waals surface area contributed by atoms with E-state index >= 15 is 0 Å². The molecule has 2 fully saturated rings. The number of likely N-dealkylation sites (tertiary alicyclic amines) is 1. The van der Waals surface area contributed by atoms with Gasteiger partial charge >= 0.3 is 5.97 Å². The summed E-state index contributed by atoms with van der Waals surface area (Å²) < 4.78 is 5.09. The van der Waals surface area contributed by atoms with Crippen LogP contribution in [0.3, 0.4) is 0 Å². The molecule has 0 bridgehead atoms. The number of hydrogen-bond acceptors (Lipinski definition) is 4. The number of methoxy groups -OCH3 is 1. The molecule has 1 aliphatic heterocycles. The minimum atomic E-state index is -0.470. The topological polar surface area (TPSA) is 41.6 Å². The number of likely N-dealkylation sites (N-methyl/N-ethyl adjacent to an activating group) is 1. The Bertz CT molecular complexity index is 304. The smallest absolute Gasteiger partial charge is 0.327 e. The molecule has 1 heterocycles. The number of nitrogens with zero attached hydrogens (tertiary/aromatic N) is 1. The predicted molar refractivity (Wildman–Crippen MR) is 71.4 cm³/mol. The molecule has 1 aliphatic carbocycles. The molecule has 18 heavy (non-hydrogen) atoms. The monoisotopic (exact) mass is 254 g/mol. The molecule has 0 aromatic carbocycles. The molecule has 0 aromatic heterocycles. The average molecular weight is 254 g/mol. The van der Waals surface area contributed by atoms with Gasteiger partial charge in [0.05, 0.1) is 7.11 Å². The molecule has 1 saturated carbocycles. The second kappa shape index (κ2) is 5.57. The Hall–Kier alpha value is -0.610. The van der Waals surface area contributed by atoms with Crippen molar-refractivity contribution in [2.45, 2.75) is 51.1 Å². The number of rotatable bonds is 6. The van der Waals surface area contributed by atoms with Crippen LogP contribution in [-0.4, -0.2) is 49.2 Å². The third kappa shape index (κ3) is 2.54. The second-order valence-corrected chi connectivity index (χ2v) is 5.73. The molecule has 2 rings (SSSR count). The summed E-state index contributed by atoms with van der Waals surface area (Å²) >= 11 is 0. The first-order chi connectivity index (χ1) is 8.64. The largest absolute Gasteiger partial charge is 0.468 e. The highest BCUT2D eigenvalue weighted by atomic mass is 16.5. The average Bonchev–Trinajstić information content (AvgIpc) is 3.14. The lowest BCUT2D eigenvalue weighted by Gasteiger charge is -2.37. The summed E-state index contributed by atoms with van der Waals surface area (Å²) in [5, 5.41) is 3.44. The maximum absolute atomic E-state index is 12.3. The minimum Gasteiger partial charge on any atom is -0.468 e. The number of carbonyl (C=O) groups is 1. The van der Waals surface area contributed by atoms with E-state index < -0.39 is 5.54 Å². The molecule has 0 spiro atoms. The van der Waals surface area contributed by atoms with Gasteiger partial charge in [0.2, 0.25) is 0 Å². The van der Waals surface area contributed by atoms with Gasteiger partial charge in [0.25, 0.3) is 0 Å². The van der Waals surface area contributed by atoms with E-state index in [0.717, 1.165) is 32.5 Å². The van der Waals surface area contributed by atoms with Crippen LogP contribution in [0.15, 0.2) is 0 Å². The highest BCUT2D eigenvalue weighted by Gasteiger charge is 2.52. The van der Waals surface area contributed by atoms with Crippen LogP contribution in [0.4, 0.5) is 0 Å². The van der Waals surface area contributed by atoms with Gasteiger partial charge in [-0.3, -0.25) is 4.90 Å². The fourth-order valence-corrected chi connectivity index (χ4v) is 3.25. The number of carbonyl (C=O) groups excluding carboxylic acids is 1. The van der Waals surface area contributed by atoms with Gasteiger partial charge in [-0.25, -0.2) is 4.79 Å². The van der Waals surface area contributed by atoms with Crippen molar-refractivity contribution in [1.82, 2.24) is 10.2 Å². The van der Waals surface area contributed by atoms with Crippen molar-refractivity contribution < 1.29 is 9.53 Å². The Kier molecular flexibility index (Phi) is 4.28. The Balaban J connectivity index is 2.14. The van der Waals surface area contributed by atoms with Crippen LogP contribution < -0.4 is 5.32 Å². The second-order valence-electron chi connectivity index (χ2n) is 5.73. The predicted octanol–water partition coefficient (Wildman–Crippen LogP) is 1.40. The number of hydrogen-bond donors (Lipinski definition) is 1. The maximum atomic E-state index is 12.3. The van der Waals surface area contributed by atoms with Gasteiger partial charge in [0, 0.05) is 12.6 Å². The van der Waals surface area contributed by atoms with E-state index in [1.165, 1.54) is 20.0 Å². The van der Waals surface area contributed by atoms with E-state index in [1.807, 2.05) is 0 Å². The zero-order valence-corrected chi connectivity index (χ0v) is 11.9. The normalized spacial score (nSPS) is 28.1. The van der Waals surface area contributed by atoms with Gasteiger partial charge in [-0.2, -0.15) is 0 Å². The van der Waals surface area contributed by atoms with Gasteiger partial charge in [-0.05, 0) is 51.6 Å². The highest BCUT2D eigenvalue weighted by Crippen LogP contribution is 2.41. The lowest BCUT2D eigenvalue weighted by molar-refractivity contribution is -0.150. The van der Waals surface area contributed by atoms with Crippen LogP contribution in [-0.2, 0) is 9.53 Å². The first kappa shape index (κ1) is 13.8. The third-order valence-corrected chi connectivity index (χ3v) is 4.46. The standard InChI is InChI=1S/C14H26N2O2/c1-4-15-14(12-7-8-12,13(17)18-3)10-16-9-5-6-11(16)2/h11-12,15H,4-10H2,1-3H3. The van der Waals surface area contributed by atoms with Gasteiger partial charge in [0.15, 0.2) is 0 Å². The molecule has 1 saturated heterocycles. The molecular weight excluding hydrogens is 228 g/mol. The molecule has 0 radical (unpaired) electrons. The molecule has 104 valence electrons. The highest BCUT2D eigenvalue weighted by molar-refractivity contribution is 5.82. The van der Waals surface area contributed by atoms with Crippen molar-refractivity contribution in [2.24, 2.45) is 5.92 Å². The summed E-state index contributed by atoms with van der Waals surface area (Å²) in [6, 6.07) is 0.589. The number of nitrogens with one attached hydrogen (secondary N) is 1. The first-order valence-corrected chi connectivity index (χ1v) is 7.21. The maximum Gasteiger partial charge on any atom is 0.327 e. The molecular formula is C14H26N2O2. The zero-order chi connectivity index (χ0) is 13.2. The zero-order valence-electron chi connectivity index (χ0n) is 11.9. The summed E-state index contributed by atoms with van der Waals surface area (Å²) in [6.07, 6.45) is 4.78. The fraction of sp³-hybridized carbons (Fsp3) is 0.929. The Morgan fingerprint density at radius 1 is 1.44 bits per heavy atom. The molecule has 4 nitrogen and oxygen atoms in total. The number of esters is 1. The molecule has 0 amide bonds. The van der Waals surface area contributed by atoms with Gasteiger partial charge in [0.1, 0.15) is 5.54 Å². The SMILES string of the molecule is CCNC(CN1CCCC1C)(C(=O)OC)C1CC1. The fourth-order valence-electron chi connectivity index (χ4n) is 3.25. The first-order valence-electron chi connectivity index (χ1n) is 7.21. The van der Waals surface area contributed by atoms with Crippen LogP contribution in [0.1, 0.15) is 39.5 Å². The van der Waals surface area contributed by atoms with E-state index in [4.69, 9.17) is 4.74 Å². The van der Waals surface area contributed by atoms with Crippen molar-refractivity contribution in [3.8, 4) is 0 Å². The molecule has 1 N–H and O–H groups in total. The lowest BCUT2D eigenvalue weighted by Crippen LogP contribution is -2.61. The molecule has 0 aromatic rings. The van der Waals surface area contributed by atoms with E-state index in [9.17, 15) is 4.79 Å². The van der Waals surface area contributed by atoms with Crippen molar-refractivity contribution in [3.63, 3.8) is 0 Å². The Labute approximate surface area is 110 Å². The van der Waals surface area contributed by atoms with Crippen LogP contribution >= 0.6 is 0 Å². The van der Waals surface area contributed by atoms with Gasteiger partial charge in [-0.1, -0.05) is 6.92 Å². The summed E-state index contributed by atoms with van der Waals surface area (Å²) in [5.41, 5.74) is -0.470. The summed E-state index contributed by atoms with van der Waals surface area (Å²) in [5.74, 6) is 0.378. The van der Waals surface area contributed by atoms with E-state index in [-0.39, 0.29) is 5.97 Å². The van der Waals surface area contributed by atoms with E-state index in [0.29, 0.717) is 12.0 Å². The number of ether oxygens (including phenoxy) is 1. The summed E-state index contributed by atoms with van der Waals surface area (Å²) in [6.45, 7) is 7.05. The van der Waals surface area contributed by atoms with Crippen molar-refractivity contribution in [2.75, 3.05) is 26.7 Å². The summed E-state index contributed by atoms with van der Waals surface area (Å²) in [4.78, 5) is 14.7. The molecule has 2 unspecified atom stereocenters. The minimum absolute atomic E-state index is 0.0778. The lowest BCUT2D eigenvalue weighted by atomic mass is 9.91. The van der Waals surface area contributed by atoms with Crippen LogP contribution in [0.2, 0.25) is 0 Å². The van der Waals surface area contributed by atoms with Crippen molar-refractivity contribution in [3.05, 3.63) is 0 Å². The third-order valence-electron chi connectivity index (χ3n) is 4.46. The van der Waals surface area contributed by atoms with Crippen LogP contribution in [0.25, 0.3) is 0 Å². The van der Waals surface area contributed by atoms with Gasteiger partial charge < -0.3 is 10.1 Å². The van der Waals surface area contributed by atoms with Crippen LogP contribution in [0.5, 0.6) is 0 Å². The molecule has 4 heteroatoms. The quantitative estimate of drug-likeness (QED) is 0.728. The summed E-state index contributed by atoms with van der Waals surface area (Å²) in [7, 11) is 1.50.